The van der Waals surface area contributed by atoms with E-state index in [-0.39, 0.29) is 17.5 Å². The van der Waals surface area contributed by atoms with Crippen molar-refractivity contribution in [1.29, 1.82) is 0 Å². The number of anilines is 2. The SMILES string of the molecule is C#Cc1nc(C(=O)N(c2cc(C)cc(C)c2)C2CCN(c3ncc(F)cn3)C2=O)cs1. The summed E-state index contributed by atoms with van der Waals surface area (Å²) >= 11 is 1.19. The van der Waals surface area contributed by atoms with Crippen molar-refractivity contribution in [1.82, 2.24) is 15.0 Å². The van der Waals surface area contributed by atoms with Crippen molar-refractivity contribution >= 4 is 34.8 Å². The molecular formula is C22H18FN5O2S. The van der Waals surface area contributed by atoms with E-state index in [1.165, 1.54) is 21.1 Å². The average Bonchev–Trinajstić information content (AvgIpc) is 3.36. The van der Waals surface area contributed by atoms with Crippen LogP contribution in [0.1, 0.15) is 33.0 Å². The van der Waals surface area contributed by atoms with Gasteiger partial charge in [0, 0.05) is 17.6 Å². The molecule has 2 aromatic heterocycles. The van der Waals surface area contributed by atoms with Crippen LogP contribution in [0.2, 0.25) is 0 Å². The molecule has 3 aromatic rings. The lowest BCUT2D eigenvalue weighted by atomic mass is 10.1. The van der Waals surface area contributed by atoms with Crippen molar-refractivity contribution < 1.29 is 14.0 Å². The number of amides is 2. The molecule has 1 aliphatic heterocycles. The van der Waals surface area contributed by atoms with Crippen molar-refractivity contribution in [2.24, 2.45) is 0 Å². The van der Waals surface area contributed by atoms with Crippen LogP contribution in [0.4, 0.5) is 16.0 Å². The van der Waals surface area contributed by atoms with Crippen molar-refractivity contribution in [3.63, 3.8) is 0 Å². The molecule has 0 N–H and O–H groups in total. The van der Waals surface area contributed by atoms with E-state index in [0.717, 1.165) is 23.5 Å². The summed E-state index contributed by atoms with van der Waals surface area (Å²) in [4.78, 5) is 41.6. The zero-order valence-electron chi connectivity index (χ0n) is 16.9. The topological polar surface area (TPSA) is 79.3 Å². The highest BCUT2D eigenvalue weighted by Gasteiger charge is 2.41. The highest BCUT2D eigenvalue weighted by atomic mass is 32.1. The Morgan fingerprint density at radius 1 is 1.26 bits per heavy atom. The molecule has 1 aliphatic rings. The van der Waals surface area contributed by atoms with E-state index in [1.54, 1.807) is 5.38 Å². The maximum atomic E-state index is 13.5. The van der Waals surface area contributed by atoms with Gasteiger partial charge in [0.15, 0.2) is 10.8 Å². The first-order valence-corrected chi connectivity index (χ1v) is 10.4. The number of nitrogens with zero attached hydrogens (tertiary/aromatic N) is 5. The van der Waals surface area contributed by atoms with Crippen LogP contribution in [-0.2, 0) is 4.79 Å². The molecule has 0 saturated carbocycles. The molecule has 0 radical (unpaired) electrons. The second kappa shape index (κ2) is 8.24. The molecule has 0 spiro atoms. The quantitative estimate of drug-likeness (QED) is 0.589. The fourth-order valence-corrected chi connectivity index (χ4v) is 4.23. The number of hydrogen-bond acceptors (Lipinski definition) is 6. The Morgan fingerprint density at radius 2 is 1.94 bits per heavy atom. The molecule has 7 nitrogen and oxygen atoms in total. The largest absolute Gasteiger partial charge is 0.294 e. The number of halogens is 1. The van der Waals surface area contributed by atoms with Crippen LogP contribution in [0, 0.1) is 32.0 Å². The third-order valence-electron chi connectivity index (χ3n) is 4.89. The molecule has 1 saturated heterocycles. The number of rotatable bonds is 4. The molecular weight excluding hydrogens is 417 g/mol. The van der Waals surface area contributed by atoms with Crippen LogP contribution < -0.4 is 9.80 Å². The van der Waals surface area contributed by atoms with Gasteiger partial charge >= 0.3 is 0 Å². The van der Waals surface area contributed by atoms with E-state index < -0.39 is 17.8 Å². The predicted molar refractivity (Wildman–Crippen MR) is 116 cm³/mol. The number of carbonyl (C=O) groups is 2. The maximum Gasteiger partial charge on any atom is 0.278 e. The van der Waals surface area contributed by atoms with Gasteiger partial charge in [-0.3, -0.25) is 19.4 Å². The summed E-state index contributed by atoms with van der Waals surface area (Å²) in [5.74, 6) is 1.18. The van der Waals surface area contributed by atoms with Crippen molar-refractivity contribution in [2.75, 3.05) is 16.3 Å². The van der Waals surface area contributed by atoms with Gasteiger partial charge in [-0.2, -0.15) is 0 Å². The highest BCUT2D eigenvalue weighted by molar-refractivity contribution is 7.10. The number of aryl methyl sites for hydroxylation is 2. The van der Waals surface area contributed by atoms with Gasteiger partial charge in [-0.05, 0) is 49.4 Å². The number of terminal acetylenes is 1. The fraction of sp³-hybridized carbons (Fsp3) is 0.227. The van der Waals surface area contributed by atoms with Crippen molar-refractivity contribution in [3.8, 4) is 12.3 Å². The lowest BCUT2D eigenvalue weighted by molar-refractivity contribution is -0.118. The zero-order chi connectivity index (χ0) is 22.1. The highest BCUT2D eigenvalue weighted by Crippen LogP contribution is 2.29. The lowest BCUT2D eigenvalue weighted by Crippen LogP contribution is -2.46. The van der Waals surface area contributed by atoms with E-state index in [0.29, 0.717) is 23.7 Å². The van der Waals surface area contributed by atoms with Gasteiger partial charge in [0.1, 0.15) is 11.7 Å². The molecule has 31 heavy (non-hydrogen) atoms. The van der Waals surface area contributed by atoms with E-state index in [9.17, 15) is 14.0 Å². The normalized spacial score (nSPS) is 15.7. The van der Waals surface area contributed by atoms with Gasteiger partial charge < -0.3 is 0 Å². The summed E-state index contributed by atoms with van der Waals surface area (Å²) in [6.07, 6.45) is 7.78. The first-order chi connectivity index (χ1) is 14.9. The Morgan fingerprint density at radius 3 is 2.55 bits per heavy atom. The minimum Gasteiger partial charge on any atom is -0.294 e. The smallest absolute Gasteiger partial charge is 0.278 e. The van der Waals surface area contributed by atoms with Crippen LogP contribution in [-0.4, -0.2) is 39.4 Å². The van der Waals surface area contributed by atoms with Gasteiger partial charge in [-0.1, -0.05) is 6.07 Å². The van der Waals surface area contributed by atoms with Gasteiger partial charge in [-0.25, -0.2) is 19.3 Å². The van der Waals surface area contributed by atoms with E-state index in [4.69, 9.17) is 6.42 Å². The number of aromatic nitrogens is 3. The van der Waals surface area contributed by atoms with Gasteiger partial charge in [0.05, 0.1) is 12.4 Å². The molecule has 4 rings (SSSR count). The first kappa shape index (κ1) is 20.6. The minimum atomic E-state index is -0.779. The molecule has 1 fully saturated rings. The molecule has 0 bridgehead atoms. The Balaban J connectivity index is 1.73. The van der Waals surface area contributed by atoms with E-state index in [2.05, 4.69) is 20.9 Å². The summed E-state index contributed by atoms with van der Waals surface area (Å²) in [5.41, 5.74) is 2.69. The van der Waals surface area contributed by atoms with Gasteiger partial charge in [0.25, 0.3) is 11.8 Å². The predicted octanol–water partition coefficient (Wildman–Crippen LogP) is 3.12. The summed E-state index contributed by atoms with van der Waals surface area (Å²) in [5, 5.41) is 1.98. The maximum absolute atomic E-state index is 13.5. The monoisotopic (exact) mass is 435 g/mol. The lowest BCUT2D eigenvalue weighted by Gasteiger charge is -2.28. The van der Waals surface area contributed by atoms with Crippen LogP contribution in [0.3, 0.4) is 0 Å². The molecule has 156 valence electrons. The Kier molecular flexibility index (Phi) is 5.48. The summed E-state index contributed by atoms with van der Waals surface area (Å²) in [6.45, 7) is 4.15. The van der Waals surface area contributed by atoms with Gasteiger partial charge in [0.2, 0.25) is 5.95 Å². The van der Waals surface area contributed by atoms with Crippen LogP contribution in [0.5, 0.6) is 0 Å². The second-order valence-electron chi connectivity index (χ2n) is 7.20. The van der Waals surface area contributed by atoms with Crippen LogP contribution in [0.15, 0.2) is 36.0 Å². The molecule has 1 atom stereocenters. The Bertz CT molecular complexity index is 1180. The number of hydrogen-bond donors (Lipinski definition) is 0. The minimum absolute atomic E-state index is 0.102. The molecule has 1 aromatic carbocycles. The van der Waals surface area contributed by atoms with Crippen molar-refractivity contribution in [2.45, 2.75) is 26.3 Å². The summed E-state index contributed by atoms with van der Waals surface area (Å²) in [7, 11) is 0. The van der Waals surface area contributed by atoms with Gasteiger partial charge in [-0.15, -0.1) is 17.8 Å². The van der Waals surface area contributed by atoms with Crippen LogP contribution >= 0.6 is 11.3 Å². The number of thiazole rings is 1. The Labute approximate surface area is 182 Å². The third kappa shape index (κ3) is 4.02. The zero-order valence-corrected chi connectivity index (χ0v) is 17.7. The molecule has 1 unspecified atom stereocenters. The van der Waals surface area contributed by atoms with E-state index >= 15 is 0 Å². The first-order valence-electron chi connectivity index (χ1n) is 9.50. The van der Waals surface area contributed by atoms with E-state index in [1.807, 2.05) is 32.0 Å². The molecule has 0 aliphatic carbocycles. The molecule has 2 amide bonds. The van der Waals surface area contributed by atoms with Crippen LogP contribution in [0.25, 0.3) is 0 Å². The molecule has 9 heteroatoms. The van der Waals surface area contributed by atoms with Crippen molar-refractivity contribution in [3.05, 3.63) is 63.6 Å². The average molecular weight is 435 g/mol. The second-order valence-corrected chi connectivity index (χ2v) is 8.06. The third-order valence-corrected chi connectivity index (χ3v) is 5.66. The summed E-state index contributed by atoms with van der Waals surface area (Å²) in [6, 6.07) is 4.91. The number of carbonyl (C=O) groups excluding carboxylic acids is 2. The fourth-order valence-electron chi connectivity index (χ4n) is 3.64. The number of benzene rings is 1. The summed E-state index contributed by atoms with van der Waals surface area (Å²) < 4.78 is 13.2. The standard InChI is InChI=1S/C22H18FN5O2S/c1-4-19-26-17(12-31-19)20(29)28(16-8-13(2)7-14(3)9-16)18-5-6-27(21(18)30)22-24-10-15(23)11-25-22/h1,7-12,18H,5-6H2,2-3H3. The Hall–Kier alpha value is -3.64. The molecule has 3 heterocycles.